The van der Waals surface area contributed by atoms with E-state index in [0.29, 0.717) is 13.0 Å². The van der Waals surface area contributed by atoms with Gasteiger partial charge in [0.2, 0.25) is 5.91 Å². The number of hydrogen-bond acceptors (Lipinski definition) is 3. The van der Waals surface area contributed by atoms with Crippen LogP contribution in [0.25, 0.3) is 22.4 Å². The van der Waals surface area contributed by atoms with Crippen LogP contribution in [0.4, 0.5) is 0 Å². The molecular formula is C20H20N2O2. The molecule has 0 spiro atoms. The summed E-state index contributed by atoms with van der Waals surface area (Å²) in [6.45, 7) is 4.31. The largest absolute Gasteiger partial charge is 0.360 e. The summed E-state index contributed by atoms with van der Waals surface area (Å²) in [4.78, 5) is 11.4. The van der Waals surface area contributed by atoms with E-state index in [4.69, 9.17) is 4.52 Å². The third kappa shape index (κ3) is 3.38. The Morgan fingerprint density at radius 2 is 1.75 bits per heavy atom. The van der Waals surface area contributed by atoms with Crippen molar-refractivity contribution in [3.05, 3.63) is 65.9 Å². The smallest absolute Gasteiger partial charge is 0.219 e. The standard InChI is InChI=1S/C20H20N2O2/c1-3-18(23)21-13-15-9-11-16(12-10-15)19-14(2)24-22-20(19)17-7-5-4-6-8-17/h4-12H,3,13H2,1-2H3,(H,21,23). The van der Waals surface area contributed by atoms with Crippen LogP contribution in [-0.2, 0) is 11.3 Å². The third-order valence-corrected chi connectivity index (χ3v) is 3.96. The number of rotatable bonds is 5. The van der Waals surface area contributed by atoms with E-state index in [1.54, 1.807) is 0 Å². The van der Waals surface area contributed by atoms with Crippen molar-refractivity contribution in [2.45, 2.75) is 26.8 Å². The molecule has 0 fully saturated rings. The lowest BCUT2D eigenvalue weighted by Gasteiger charge is -2.06. The summed E-state index contributed by atoms with van der Waals surface area (Å²) in [7, 11) is 0. The molecule has 0 saturated carbocycles. The number of nitrogens with zero attached hydrogens (tertiary/aromatic N) is 1. The van der Waals surface area contributed by atoms with E-state index >= 15 is 0 Å². The number of carbonyl (C=O) groups is 1. The molecule has 0 aliphatic heterocycles. The molecule has 4 nitrogen and oxygen atoms in total. The number of carbonyl (C=O) groups excluding carboxylic acids is 1. The van der Waals surface area contributed by atoms with Crippen LogP contribution in [0.2, 0.25) is 0 Å². The van der Waals surface area contributed by atoms with Gasteiger partial charge in [0.1, 0.15) is 11.5 Å². The van der Waals surface area contributed by atoms with E-state index in [2.05, 4.69) is 10.5 Å². The van der Waals surface area contributed by atoms with Gasteiger partial charge in [0.15, 0.2) is 0 Å². The van der Waals surface area contributed by atoms with Gasteiger partial charge >= 0.3 is 0 Å². The Bertz CT molecular complexity index is 821. The summed E-state index contributed by atoms with van der Waals surface area (Å²) >= 11 is 0. The minimum absolute atomic E-state index is 0.0559. The highest BCUT2D eigenvalue weighted by Crippen LogP contribution is 2.34. The van der Waals surface area contributed by atoms with Crippen molar-refractivity contribution >= 4 is 5.91 Å². The summed E-state index contributed by atoms with van der Waals surface area (Å²) in [6, 6.07) is 18.1. The Labute approximate surface area is 141 Å². The monoisotopic (exact) mass is 320 g/mol. The molecule has 24 heavy (non-hydrogen) atoms. The minimum atomic E-state index is 0.0559. The van der Waals surface area contributed by atoms with Crippen molar-refractivity contribution in [3.63, 3.8) is 0 Å². The molecule has 0 bridgehead atoms. The molecule has 3 aromatic rings. The van der Waals surface area contributed by atoms with E-state index in [1.165, 1.54) is 0 Å². The molecule has 0 aliphatic rings. The molecule has 4 heteroatoms. The lowest BCUT2D eigenvalue weighted by molar-refractivity contribution is -0.120. The normalized spacial score (nSPS) is 10.6. The summed E-state index contributed by atoms with van der Waals surface area (Å²) in [5, 5.41) is 7.11. The van der Waals surface area contributed by atoms with Crippen LogP contribution in [0.5, 0.6) is 0 Å². The van der Waals surface area contributed by atoms with Gasteiger partial charge in [-0.2, -0.15) is 0 Å². The van der Waals surface area contributed by atoms with Crippen LogP contribution in [0, 0.1) is 6.92 Å². The zero-order valence-electron chi connectivity index (χ0n) is 13.9. The zero-order valence-corrected chi connectivity index (χ0v) is 13.9. The Balaban J connectivity index is 1.87. The average molecular weight is 320 g/mol. The van der Waals surface area contributed by atoms with Crippen LogP contribution in [0.3, 0.4) is 0 Å². The van der Waals surface area contributed by atoms with Crippen LogP contribution in [0.1, 0.15) is 24.7 Å². The van der Waals surface area contributed by atoms with E-state index in [0.717, 1.165) is 33.7 Å². The van der Waals surface area contributed by atoms with E-state index in [9.17, 15) is 4.79 Å². The third-order valence-electron chi connectivity index (χ3n) is 3.96. The van der Waals surface area contributed by atoms with Gasteiger partial charge < -0.3 is 9.84 Å². The fourth-order valence-corrected chi connectivity index (χ4v) is 2.62. The second-order valence-corrected chi connectivity index (χ2v) is 5.66. The molecular weight excluding hydrogens is 300 g/mol. The molecule has 1 aromatic heterocycles. The van der Waals surface area contributed by atoms with Crippen LogP contribution < -0.4 is 5.32 Å². The average Bonchev–Trinajstić information content (AvgIpc) is 3.02. The first-order chi connectivity index (χ1) is 11.7. The van der Waals surface area contributed by atoms with Gasteiger partial charge in [0.05, 0.1) is 5.56 Å². The van der Waals surface area contributed by atoms with Crippen molar-refractivity contribution in [1.82, 2.24) is 10.5 Å². The maximum absolute atomic E-state index is 11.4. The van der Waals surface area contributed by atoms with Gasteiger partial charge in [-0.3, -0.25) is 4.79 Å². The molecule has 3 rings (SSSR count). The first-order valence-electron chi connectivity index (χ1n) is 8.06. The number of benzene rings is 2. The summed E-state index contributed by atoms with van der Waals surface area (Å²) in [5.41, 5.74) is 5.00. The molecule has 1 N–H and O–H groups in total. The topological polar surface area (TPSA) is 55.1 Å². The van der Waals surface area contributed by atoms with Crippen LogP contribution >= 0.6 is 0 Å². The van der Waals surface area contributed by atoms with E-state index in [1.807, 2.05) is 68.4 Å². The number of aryl methyl sites for hydroxylation is 1. The second kappa shape index (κ2) is 7.13. The van der Waals surface area contributed by atoms with Crippen molar-refractivity contribution < 1.29 is 9.32 Å². The lowest BCUT2D eigenvalue weighted by atomic mass is 9.98. The number of hydrogen-bond donors (Lipinski definition) is 1. The Hall–Kier alpha value is -2.88. The first-order valence-corrected chi connectivity index (χ1v) is 8.06. The van der Waals surface area contributed by atoms with Gasteiger partial charge in [-0.1, -0.05) is 66.7 Å². The van der Waals surface area contributed by atoms with Gasteiger partial charge in [0.25, 0.3) is 0 Å². The fraction of sp³-hybridized carbons (Fsp3) is 0.200. The van der Waals surface area contributed by atoms with E-state index in [-0.39, 0.29) is 5.91 Å². The maximum atomic E-state index is 11.4. The number of aromatic nitrogens is 1. The molecule has 122 valence electrons. The first kappa shape index (κ1) is 16.0. The van der Waals surface area contributed by atoms with Gasteiger partial charge in [-0.25, -0.2) is 0 Å². The Kier molecular flexibility index (Phi) is 4.75. The molecule has 1 amide bonds. The fourth-order valence-electron chi connectivity index (χ4n) is 2.62. The van der Waals surface area contributed by atoms with Crippen LogP contribution in [0.15, 0.2) is 59.1 Å². The molecule has 0 aliphatic carbocycles. The highest BCUT2D eigenvalue weighted by molar-refractivity contribution is 5.82. The Morgan fingerprint density at radius 1 is 1.04 bits per heavy atom. The summed E-state index contributed by atoms with van der Waals surface area (Å²) < 4.78 is 5.42. The van der Waals surface area contributed by atoms with Crippen molar-refractivity contribution in [1.29, 1.82) is 0 Å². The quantitative estimate of drug-likeness (QED) is 0.760. The number of amides is 1. The predicted octanol–water partition coefficient (Wildman–Crippen LogP) is 4.34. The van der Waals surface area contributed by atoms with E-state index < -0.39 is 0 Å². The zero-order chi connectivity index (χ0) is 16.9. The van der Waals surface area contributed by atoms with Crippen molar-refractivity contribution in [2.75, 3.05) is 0 Å². The van der Waals surface area contributed by atoms with Gasteiger partial charge in [0, 0.05) is 18.5 Å². The molecule has 0 unspecified atom stereocenters. The Morgan fingerprint density at radius 3 is 2.42 bits per heavy atom. The minimum Gasteiger partial charge on any atom is -0.360 e. The second-order valence-electron chi connectivity index (χ2n) is 5.66. The molecule has 2 aromatic carbocycles. The molecule has 0 saturated heterocycles. The number of nitrogens with one attached hydrogen (secondary N) is 1. The molecule has 0 radical (unpaired) electrons. The van der Waals surface area contributed by atoms with Crippen molar-refractivity contribution in [3.8, 4) is 22.4 Å². The maximum Gasteiger partial charge on any atom is 0.219 e. The molecule has 0 atom stereocenters. The summed E-state index contributed by atoms with van der Waals surface area (Å²) in [5.74, 6) is 0.848. The highest BCUT2D eigenvalue weighted by Gasteiger charge is 2.16. The van der Waals surface area contributed by atoms with Crippen LogP contribution in [-0.4, -0.2) is 11.1 Å². The molecule has 1 heterocycles. The highest BCUT2D eigenvalue weighted by atomic mass is 16.5. The lowest BCUT2D eigenvalue weighted by Crippen LogP contribution is -2.21. The van der Waals surface area contributed by atoms with Gasteiger partial charge in [-0.15, -0.1) is 0 Å². The predicted molar refractivity (Wildman–Crippen MR) is 94.2 cm³/mol. The summed E-state index contributed by atoms with van der Waals surface area (Å²) in [6.07, 6.45) is 0.498. The van der Waals surface area contributed by atoms with Gasteiger partial charge in [-0.05, 0) is 18.1 Å². The SMILES string of the molecule is CCC(=O)NCc1ccc(-c2c(-c3ccccc3)noc2C)cc1. The van der Waals surface area contributed by atoms with Crippen molar-refractivity contribution in [2.24, 2.45) is 0 Å².